The summed E-state index contributed by atoms with van der Waals surface area (Å²) in [4.78, 5) is 12.8. The maximum atomic E-state index is 12.7. The second-order valence-corrected chi connectivity index (χ2v) is 12.6. The van der Waals surface area contributed by atoms with Crippen LogP contribution in [0.5, 0.6) is 0 Å². The van der Waals surface area contributed by atoms with Crippen molar-refractivity contribution in [3.63, 3.8) is 0 Å². The molecule has 11 heteroatoms. The Hall–Kier alpha value is -2.31. The van der Waals surface area contributed by atoms with E-state index in [-0.39, 0.29) is 22.1 Å². The molecule has 2 aliphatic heterocycles. The average molecular weight is 522 g/mol. The van der Waals surface area contributed by atoms with E-state index >= 15 is 0 Å². The molecule has 2 aliphatic rings. The lowest BCUT2D eigenvalue weighted by Crippen LogP contribution is -2.40. The second-order valence-electron chi connectivity index (χ2n) is 8.69. The maximum Gasteiger partial charge on any atom is 0.243 e. The summed E-state index contributed by atoms with van der Waals surface area (Å²) in [5.41, 5.74) is 1.69. The molecule has 4 rings (SSSR count). The first-order chi connectivity index (χ1) is 16.8. The number of aryl methyl sites for hydroxylation is 1. The van der Waals surface area contributed by atoms with Crippen molar-refractivity contribution in [1.82, 2.24) is 13.9 Å². The number of hydrogen-bond donors (Lipinski definition) is 1. The number of nitrogens with one attached hydrogen (secondary N) is 1. The maximum absolute atomic E-state index is 12.7. The minimum absolute atomic E-state index is 0.135. The molecule has 0 radical (unpaired) electrons. The quantitative estimate of drug-likeness (QED) is 0.538. The molecule has 0 aliphatic carbocycles. The van der Waals surface area contributed by atoms with Crippen molar-refractivity contribution in [2.75, 3.05) is 39.4 Å². The SMILES string of the molecule is O=C(CCc1ccc(S(=O)(=O)N2CCOCC2)cc1)NCc1ccc(S(=O)(=O)N2CCCC2)cc1. The van der Waals surface area contributed by atoms with E-state index in [1.165, 1.54) is 8.61 Å². The summed E-state index contributed by atoms with van der Waals surface area (Å²) in [6.07, 6.45) is 2.52. The van der Waals surface area contributed by atoms with Gasteiger partial charge in [0.2, 0.25) is 26.0 Å². The van der Waals surface area contributed by atoms with Crippen molar-refractivity contribution in [2.24, 2.45) is 0 Å². The number of nitrogens with zero attached hydrogens (tertiary/aromatic N) is 2. The fourth-order valence-electron chi connectivity index (χ4n) is 4.17. The highest BCUT2D eigenvalue weighted by molar-refractivity contribution is 7.89. The van der Waals surface area contributed by atoms with Gasteiger partial charge in [0.25, 0.3) is 0 Å². The zero-order valence-electron chi connectivity index (χ0n) is 19.6. The second kappa shape index (κ2) is 11.2. The Morgan fingerprint density at radius 3 is 1.77 bits per heavy atom. The summed E-state index contributed by atoms with van der Waals surface area (Å²) in [5, 5.41) is 2.85. The Bertz CT molecular complexity index is 1220. The monoisotopic (exact) mass is 521 g/mol. The van der Waals surface area contributed by atoms with E-state index in [0.717, 1.165) is 24.0 Å². The van der Waals surface area contributed by atoms with E-state index in [9.17, 15) is 21.6 Å². The normalized spacial score (nSPS) is 17.9. The van der Waals surface area contributed by atoms with Crippen molar-refractivity contribution in [3.8, 4) is 0 Å². The van der Waals surface area contributed by atoms with Crippen LogP contribution in [0, 0.1) is 0 Å². The van der Waals surface area contributed by atoms with Crippen LogP contribution >= 0.6 is 0 Å². The van der Waals surface area contributed by atoms with E-state index in [4.69, 9.17) is 4.74 Å². The lowest BCUT2D eigenvalue weighted by Gasteiger charge is -2.26. The van der Waals surface area contributed by atoms with Gasteiger partial charge in [-0.05, 0) is 54.7 Å². The highest BCUT2D eigenvalue weighted by Gasteiger charge is 2.27. The topological polar surface area (TPSA) is 113 Å². The third kappa shape index (κ3) is 6.28. The van der Waals surface area contributed by atoms with E-state index in [1.54, 1.807) is 48.5 Å². The van der Waals surface area contributed by atoms with Crippen molar-refractivity contribution < 1.29 is 26.4 Å². The molecule has 0 spiro atoms. The molecule has 0 aromatic heterocycles. The highest BCUT2D eigenvalue weighted by atomic mass is 32.2. The Morgan fingerprint density at radius 1 is 0.743 bits per heavy atom. The van der Waals surface area contributed by atoms with Crippen molar-refractivity contribution in [2.45, 2.75) is 42.0 Å². The molecule has 0 atom stereocenters. The predicted octanol–water partition coefficient (Wildman–Crippen LogP) is 1.74. The van der Waals surface area contributed by atoms with Crippen LogP contribution in [0.4, 0.5) is 0 Å². The summed E-state index contributed by atoms with van der Waals surface area (Å²) >= 11 is 0. The largest absolute Gasteiger partial charge is 0.379 e. The van der Waals surface area contributed by atoms with E-state index in [2.05, 4.69) is 5.32 Å². The molecule has 2 heterocycles. The molecule has 2 aromatic rings. The van der Waals surface area contributed by atoms with E-state index in [0.29, 0.717) is 52.4 Å². The van der Waals surface area contributed by atoms with Crippen LogP contribution in [-0.4, -0.2) is 70.7 Å². The number of rotatable bonds is 9. The number of sulfonamides is 2. The lowest BCUT2D eigenvalue weighted by molar-refractivity contribution is -0.121. The minimum atomic E-state index is -3.53. The first-order valence-electron chi connectivity index (χ1n) is 11.8. The van der Waals surface area contributed by atoms with Gasteiger partial charge >= 0.3 is 0 Å². The molecule has 2 aromatic carbocycles. The number of carbonyl (C=O) groups excluding carboxylic acids is 1. The summed E-state index contributed by atoms with van der Waals surface area (Å²) in [7, 11) is -6.98. The van der Waals surface area contributed by atoms with Crippen LogP contribution in [0.15, 0.2) is 58.3 Å². The highest BCUT2D eigenvalue weighted by Crippen LogP contribution is 2.21. The summed E-state index contributed by atoms with van der Waals surface area (Å²) in [5.74, 6) is -0.135. The van der Waals surface area contributed by atoms with Gasteiger partial charge in [0.1, 0.15) is 0 Å². The summed E-state index contributed by atoms with van der Waals surface area (Å²) in [6.45, 7) is 2.92. The van der Waals surface area contributed by atoms with Gasteiger partial charge in [-0.1, -0.05) is 24.3 Å². The fourth-order valence-corrected chi connectivity index (χ4v) is 7.09. The van der Waals surface area contributed by atoms with Gasteiger partial charge in [-0.2, -0.15) is 8.61 Å². The molecular formula is C24H31N3O6S2. The van der Waals surface area contributed by atoms with Crippen molar-refractivity contribution >= 4 is 26.0 Å². The first-order valence-corrected chi connectivity index (χ1v) is 14.7. The van der Waals surface area contributed by atoms with Gasteiger partial charge in [-0.25, -0.2) is 16.8 Å². The van der Waals surface area contributed by atoms with Gasteiger partial charge in [0, 0.05) is 39.1 Å². The Balaban J connectivity index is 1.25. The number of amides is 1. The fraction of sp³-hybridized carbons (Fsp3) is 0.458. The number of benzene rings is 2. The third-order valence-electron chi connectivity index (χ3n) is 6.29. The van der Waals surface area contributed by atoms with Crippen LogP contribution in [0.2, 0.25) is 0 Å². The van der Waals surface area contributed by atoms with Gasteiger partial charge in [0.05, 0.1) is 23.0 Å². The lowest BCUT2D eigenvalue weighted by atomic mass is 10.1. The smallest absolute Gasteiger partial charge is 0.243 e. The van der Waals surface area contributed by atoms with Crippen LogP contribution in [0.25, 0.3) is 0 Å². The number of ether oxygens (including phenoxy) is 1. The number of morpholine rings is 1. The molecule has 0 bridgehead atoms. The molecular weight excluding hydrogens is 490 g/mol. The molecule has 1 amide bonds. The number of carbonyl (C=O) groups is 1. The van der Waals surface area contributed by atoms with Gasteiger partial charge in [-0.15, -0.1) is 0 Å². The molecule has 35 heavy (non-hydrogen) atoms. The zero-order valence-corrected chi connectivity index (χ0v) is 21.2. The van der Waals surface area contributed by atoms with Crippen LogP contribution < -0.4 is 5.32 Å². The van der Waals surface area contributed by atoms with Gasteiger partial charge < -0.3 is 10.1 Å². The van der Waals surface area contributed by atoms with E-state index in [1.807, 2.05) is 0 Å². The Kier molecular flexibility index (Phi) is 8.23. The number of hydrogen-bond acceptors (Lipinski definition) is 6. The van der Waals surface area contributed by atoms with Crippen molar-refractivity contribution in [3.05, 3.63) is 59.7 Å². The Morgan fingerprint density at radius 2 is 1.23 bits per heavy atom. The molecule has 0 unspecified atom stereocenters. The molecule has 9 nitrogen and oxygen atoms in total. The molecule has 2 saturated heterocycles. The van der Waals surface area contributed by atoms with Crippen LogP contribution in [-0.2, 0) is 42.5 Å². The standard InChI is InChI=1S/C24H31N3O6S2/c28-24(25-19-21-5-10-23(11-6-21)34(29,30)26-13-1-2-14-26)12-7-20-3-8-22(9-4-20)35(31,32)27-15-17-33-18-16-27/h3-6,8-11H,1-2,7,12-19H2,(H,25,28). The summed E-state index contributed by atoms with van der Waals surface area (Å²) in [6, 6.07) is 13.2. The predicted molar refractivity (Wildman–Crippen MR) is 131 cm³/mol. The molecule has 0 saturated carbocycles. The molecule has 1 N–H and O–H groups in total. The van der Waals surface area contributed by atoms with Crippen LogP contribution in [0.3, 0.4) is 0 Å². The van der Waals surface area contributed by atoms with E-state index < -0.39 is 20.0 Å². The summed E-state index contributed by atoms with van der Waals surface area (Å²) < 4.78 is 58.8. The minimum Gasteiger partial charge on any atom is -0.379 e. The van der Waals surface area contributed by atoms with Crippen molar-refractivity contribution in [1.29, 1.82) is 0 Å². The average Bonchev–Trinajstić information content (AvgIpc) is 3.43. The van der Waals surface area contributed by atoms with Gasteiger partial charge in [-0.3, -0.25) is 4.79 Å². The third-order valence-corrected chi connectivity index (χ3v) is 10.1. The van der Waals surface area contributed by atoms with Gasteiger partial charge in [0.15, 0.2) is 0 Å². The van der Waals surface area contributed by atoms with Crippen LogP contribution in [0.1, 0.15) is 30.4 Å². The molecule has 2 fully saturated rings. The first kappa shape index (κ1) is 25.8. The Labute approximate surface area is 207 Å². The zero-order chi connectivity index (χ0) is 24.9. The molecule has 190 valence electrons.